The van der Waals surface area contributed by atoms with Crippen LogP contribution in [0.3, 0.4) is 0 Å². The van der Waals surface area contributed by atoms with Crippen LogP contribution in [0.15, 0.2) is 18.3 Å². The van der Waals surface area contributed by atoms with Crippen molar-refractivity contribution in [1.29, 1.82) is 0 Å². The minimum atomic E-state index is -0.819. The summed E-state index contributed by atoms with van der Waals surface area (Å²) < 4.78 is 11.2. The number of nitrogens with zero attached hydrogens (tertiary/aromatic N) is 2. The number of carbonyl (C=O) groups is 2. The lowest BCUT2D eigenvalue weighted by molar-refractivity contribution is -0.139. The molecule has 1 fully saturated rings. The van der Waals surface area contributed by atoms with E-state index in [1.165, 1.54) is 0 Å². The maximum atomic E-state index is 12.7. The highest BCUT2D eigenvalue weighted by Crippen LogP contribution is 2.21. The largest absolute Gasteiger partial charge is 0.377 e. The zero-order valence-electron chi connectivity index (χ0n) is 14.5. The van der Waals surface area contributed by atoms with Crippen LogP contribution in [0.1, 0.15) is 17.7 Å². The Kier molecular flexibility index (Phi) is 6.28. The number of hydrogen-bond acceptors (Lipinski definition) is 5. The Morgan fingerprint density at radius 3 is 2.96 bits per heavy atom. The fraction of sp³-hybridized carbons (Fsp3) is 0.588. The average molecular weight is 335 g/mol. The van der Waals surface area contributed by atoms with Crippen molar-refractivity contribution in [2.75, 3.05) is 40.5 Å². The normalized spacial score (nSPS) is 21.2. The summed E-state index contributed by atoms with van der Waals surface area (Å²) in [6, 6.07) is 3.74. The molecule has 1 saturated heterocycles. The quantitative estimate of drug-likeness (QED) is 0.838. The van der Waals surface area contributed by atoms with Gasteiger partial charge in [-0.05, 0) is 24.6 Å². The second-order valence-electron chi connectivity index (χ2n) is 6.09. The van der Waals surface area contributed by atoms with Gasteiger partial charge in [0.05, 0.1) is 32.6 Å². The lowest BCUT2D eigenvalue weighted by Crippen LogP contribution is -2.50. The van der Waals surface area contributed by atoms with E-state index < -0.39 is 5.60 Å². The van der Waals surface area contributed by atoms with Gasteiger partial charge in [-0.25, -0.2) is 0 Å². The average Bonchev–Trinajstić information content (AvgIpc) is 2.78. The molecule has 0 aromatic carbocycles. The first-order valence-electron chi connectivity index (χ1n) is 8.01. The van der Waals surface area contributed by atoms with Crippen LogP contribution >= 0.6 is 0 Å². The molecular formula is C17H25N3O4. The van der Waals surface area contributed by atoms with E-state index in [0.29, 0.717) is 26.1 Å². The van der Waals surface area contributed by atoms with Gasteiger partial charge >= 0.3 is 0 Å². The minimum absolute atomic E-state index is 0.00979. The van der Waals surface area contributed by atoms with Gasteiger partial charge in [-0.2, -0.15) is 0 Å². The molecule has 0 spiro atoms. The van der Waals surface area contributed by atoms with Crippen molar-refractivity contribution >= 4 is 11.8 Å². The van der Waals surface area contributed by atoms with Gasteiger partial charge in [0.25, 0.3) is 0 Å². The summed E-state index contributed by atoms with van der Waals surface area (Å²) in [7, 11) is 3.13. The van der Waals surface area contributed by atoms with Crippen molar-refractivity contribution in [2.45, 2.75) is 25.4 Å². The summed E-state index contributed by atoms with van der Waals surface area (Å²) in [5.74, 6) is -0.149. The topological polar surface area (TPSA) is 80.8 Å². The number of ether oxygens (including phenoxy) is 2. The second-order valence-corrected chi connectivity index (χ2v) is 6.09. The van der Waals surface area contributed by atoms with Gasteiger partial charge in [0.2, 0.25) is 11.8 Å². The molecule has 1 aromatic heterocycles. The predicted molar refractivity (Wildman–Crippen MR) is 88.5 cm³/mol. The lowest BCUT2D eigenvalue weighted by Gasteiger charge is -2.33. The molecule has 2 heterocycles. The summed E-state index contributed by atoms with van der Waals surface area (Å²) in [5, 5.41) is 2.60. The van der Waals surface area contributed by atoms with E-state index in [2.05, 4.69) is 10.3 Å². The van der Waals surface area contributed by atoms with E-state index in [4.69, 9.17) is 9.47 Å². The molecule has 2 rings (SSSR count). The van der Waals surface area contributed by atoms with Gasteiger partial charge in [-0.1, -0.05) is 0 Å². The maximum Gasteiger partial charge on any atom is 0.227 e. The van der Waals surface area contributed by atoms with Gasteiger partial charge in [-0.15, -0.1) is 0 Å². The molecule has 7 nitrogen and oxygen atoms in total. The summed E-state index contributed by atoms with van der Waals surface area (Å²) in [6.07, 6.45) is 2.15. The van der Waals surface area contributed by atoms with E-state index >= 15 is 0 Å². The number of carbonyl (C=O) groups excluding carboxylic acids is 2. The SMILES string of the molecule is CNC(=O)CC1(OC)COCCN(C(=O)Cc2ccnc(C)c2)C1. The molecule has 0 bridgehead atoms. The molecule has 0 saturated carbocycles. The van der Waals surface area contributed by atoms with Crippen molar-refractivity contribution in [2.24, 2.45) is 0 Å². The fourth-order valence-corrected chi connectivity index (χ4v) is 2.80. The number of aryl methyl sites for hydroxylation is 1. The van der Waals surface area contributed by atoms with Crippen molar-refractivity contribution < 1.29 is 19.1 Å². The van der Waals surface area contributed by atoms with Crippen molar-refractivity contribution in [1.82, 2.24) is 15.2 Å². The highest BCUT2D eigenvalue weighted by molar-refractivity contribution is 5.79. The molecule has 0 aliphatic carbocycles. The van der Waals surface area contributed by atoms with Crippen LogP contribution in [-0.2, 0) is 25.5 Å². The van der Waals surface area contributed by atoms with E-state index in [-0.39, 0.29) is 24.8 Å². The van der Waals surface area contributed by atoms with Gasteiger partial charge in [0, 0.05) is 32.6 Å². The first-order chi connectivity index (χ1) is 11.5. The lowest BCUT2D eigenvalue weighted by atomic mass is 9.98. The standard InChI is InChI=1S/C17H25N3O4/c1-13-8-14(4-5-19-13)9-16(22)20-6-7-24-12-17(11-20,23-3)10-15(21)18-2/h4-5,8H,6-7,9-12H2,1-3H3,(H,18,21). The van der Waals surface area contributed by atoms with Gasteiger partial charge in [-0.3, -0.25) is 14.6 Å². The molecule has 1 aromatic rings. The smallest absolute Gasteiger partial charge is 0.227 e. The molecule has 24 heavy (non-hydrogen) atoms. The first kappa shape index (κ1) is 18.4. The Morgan fingerprint density at radius 2 is 2.29 bits per heavy atom. The van der Waals surface area contributed by atoms with E-state index in [0.717, 1.165) is 11.3 Å². The number of aromatic nitrogens is 1. The van der Waals surface area contributed by atoms with Crippen LogP contribution in [0, 0.1) is 6.92 Å². The molecule has 1 unspecified atom stereocenters. The fourth-order valence-electron chi connectivity index (χ4n) is 2.80. The van der Waals surface area contributed by atoms with Crippen LogP contribution in [0.2, 0.25) is 0 Å². The number of nitrogens with one attached hydrogen (secondary N) is 1. The molecule has 1 aliphatic heterocycles. The molecule has 132 valence electrons. The van der Waals surface area contributed by atoms with Crippen LogP contribution in [-0.4, -0.2) is 67.8 Å². The van der Waals surface area contributed by atoms with Crippen LogP contribution in [0.5, 0.6) is 0 Å². The second kappa shape index (κ2) is 8.21. The highest BCUT2D eigenvalue weighted by Gasteiger charge is 2.38. The van der Waals surface area contributed by atoms with E-state index in [9.17, 15) is 9.59 Å². The van der Waals surface area contributed by atoms with Gasteiger partial charge in [0.1, 0.15) is 5.60 Å². The molecular weight excluding hydrogens is 310 g/mol. The third kappa shape index (κ3) is 4.75. The predicted octanol–water partition coefficient (Wildman–Crippen LogP) is 0.313. The third-order valence-electron chi connectivity index (χ3n) is 4.21. The molecule has 0 radical (unpaired) electrons. The highest BCUT2D eigenvalue weighted by atomic mass is 16.5. The molecule has 7 heteroatoms. The van der Waals surface area contributed by atoms with Crippen LogP contribution in [0.25, 0.3) is 0 Å². The number of rotatable bonds is 5. The summed E-state index contributed by atoms with van der Waals surface area (Å²) >= 11 is 0. The summed E-state index contributed by atoms with van der Waals surface area (Å²) in [5.41, 5.74) is 0.984. The Balaban J connectivity index is 2.10. The zero-order valence-corrected chi connectivity index (χ0v) is 14.5. The maximum absolute atomic E-state index is 12.7. The zero-order chi connectivity index (χ0) is 17.6. The molecule has 1 atom stereocenters. The van der Waals surface area contributed by atoms with E-state index in [1.54, 1.807) is 25.3 Å². The van der Waals surface area contributed by atoms with Crippen molar-refractivity contribution in [3.8, 4) is 0 Å². The monoisotopic (exact) mass is 335 g/mol. The first-order valence-corrected chi connectivity index (χ1v) is 8.01. The Labute approximate surface area is 142 Å². The minimum Gasteiger partial charge on any atom is -0.377 e. The molecule has 1 aliphatic rings. The van der Waals surface area contributed by atoms with Gasteiger partial charge in [0.15, 0.2) is 0 Å². The van der Waals surface area contributed by atoms with Gasteiger partial charge < -0.3 is 19.7 Å². The summed E-state index contributed by atoms with van der Waals surface area (Å²) in [6.45, 7) is 3.43. The third-order valence-corrected chi connectivity index (χ3v) is 4.21. The molecule has 2 amide bonds. The number of hydrogen-bond donors (Lipinski definition) is 1. The van der Waals surface area contributed by atoms with Crippen molar-refractivity contribution in [3.05, 3.63) is 29.6 Å². The van der Waals surface area contributed by atoms with Crippen molar-refractivity contribution in [3.63, 3.8) is 0 Å². The number of methoxy groups -OCH3 is 1. The van der Waals surface area contributed by atoms with Crippen LogP contribution < -0.4 is 5.32 Å². The Bertz CT molecular complexity index is 593. The van der Waals surface area contributed by atoms with Crippen LogP contribution in [0.4, 0.5) is 0 Å². The van der Waals surface area contributed by atoms with E-state index in [1.807, 2.05) is 19.1 Å². The number of amides is 2. The Morgan fingerprint density at radius 1 is 1.50 bits per heavy atom. The number of pyridine rings is 1. The summed E-state index contributed by atoms with van der Waals surface area (Å²) in [4.78, 5) is 30.3. The Hall–Kier alpha value is -1.99. The molecule has 1 N–H and O–H groups in total.